The summed E-state index contributed by atoms with van der Waals surface area (Å²) in [7, 11) is 0. The van der Waals surface area contributed by atoms with Crippen LogP contribution < -0.4 is 0 Å². The molecule has 0 aromatic carbocycles. The minimum Gasteiger partial charge on any atom is -0.478 e. The Morgan fingerprint density at radius 3 is 2.78 bits per heavy atom. The molecule has 5 heteroatoms. The maximum absolute atomic E-state index is 11.4. The predicted octanol–water partition coefficient (Wildman–Crippen LogP) is 0.886. The molecule has 1 saturated carbocycles. The Balaban J connectivity index is 2.28. The van der Waals surface area contributed by atoms with Gasteiger partial charge >= 0.3 is 11.9 Å². The molecule has 1 saturated heterocycles. The van der Waals surface area contributed by atoms with Crippen LogP contribution >= 0.6 is 0 Å². The summed E-state index contributed by atoms with van der Waals surface area (Å²) in [5, 5.41) is 18.9. The fourth-order valence-corrected chi connectivity index (χ4v) is 2.75. The first-order valence-electron chi connectivity index (χ1n) is 5.92. The van der Waals surface area contributed by atoms with E-state index >= 15 is 0 Å². The summed E-state index contributed by atoms with van der Waals surface area (Å²) in [5.41, 5.74) is 0.864. The van der Waals surface area contributed by atoms with Crippen LogP contribution in [0.2, 0.25) is 0 Å². The molecule has 2 N–H and O–H groups in total. The van der Waals surface area contributed by atoms with Gasteiger partial charge in [-0.1, -0.05) is 13.5 Å². The lowest BCUT2D eigenvalue weighted by atomic mass is 9.91. The Hall–Kier alpha value is -1.62. The first-order chi connectivity index (χ1) is 8.40. The highest BCUT2D eigenvalue weighted by Gasteiger charge is 2.43. The number of carboxylic acid groups (broad SMARTS) is 1. The van der Waals surface area contributed by atoms with E-state index in [0.717, 1.165) is 6.08 Å². The fourth-order valence-electron chi connectivity index (χ4n) is 2.75. The van der Waals surface area contributed by atoms with E-state index in [4.69, 9.17) is 9.84 Å². The number of carboxylic acids is 1. The van der Waals surface area contributed by atoms with Crippen molar-refractivity contribution in [2.75, 3.05) is 0 Å². The minimum absolute atomic E-state index is 0.134. The van der Waals surface area contributed by atoms with E-state index in [0.29, 0.717) is 24.0 Å². The molecule has 0 spiro atoms. The predicted molar refractivity (Wildman–Crippen MR) is 62.6 cm³/mol. The van der Waals surface area contributed by atoms with Crippen molar-refractivity contribution in [3.05, 3.63) is 23.8 Å². The summed E-state index contributed by atoms with van der Waals surface area (Å²) in [6.45, 7) is 5.51. The normalized spacial score (nSPS) is 38.2. The highest BCUT2D eigenvalue weighted by Crippen LogP contribution is 2.40. The van der Waals surface area contributed by atoms with Crippen LogP contribution in [0, 0.1) is 11.8 Å². The molecule has 0 bridgehead atoms. The molecular formula is C13H16O5. The Morgan fingerprint density at radius 1 is 1.50 bits per heavy atom. The molecule has 18 heavy (non-hydrogen) atoms. The molecule has 0 aromatic rings. The number of rotatable bonds is 1. The molecule has 0 aromatic heterocycles. The van der Waals surface area contributed by atoms with Crippen LogP contribution in [-0.2, 0) is 14.3 Å². The molecule has 2 rings (SSSR count). The van der Waals surface area contributed by atoms with E-state index in [9.17, 15) is 14.7 Å². The van der Waals surface area contributed by atoms with Crippen molar-refractivity contribution in [1.82, 2.24) is 0 Å². The van der Waals surface area contributed by atoms with Crippen molar-refractivity contribution >= 4 is 11.9 Å². The molecule has 1 heterocycles. The van der Waals surface area contributed by atoms with Crippen molar-refractivity contribution < 1.29 is 24.5 Å². The van der Waals surface area contributed by atoms with Gasteiger partial charge in [-0.3, -0.25) is 0 Å². The molecule has 1 aliphatic heterocycles. The standard InChI is InChI=1S/C13H16O5/c1-6-3-11-9(7(2)13(17)18-11)4-10(14)8(6)5-12(15)16/h5-6,9-11,14H,2-4H2,1H3,(H,15,16)/b8-5-. The van der Waals surface area contributed by atoms with E-state index in [2.05, 4.69) is 6.58 Å². The quantitative estimate of drug-likeness (QED) is 0.534. The maximum Gasteiger partial charge on any atom is 0.334 e. The highest BCUT2D eigenvalue weighted by atomic mass is 16.6. The summed E-state index contributed by atoms with van der Waals surface area (Å²) in [6.07, 6.45) is 0.706. The van der Waals surface area contributed by atoms with Crippen molar-refractivity contribution in [1.29, 1.82) is 0 Å². The molecule has 0 radical (unpaired) electrons. The fraction of sp³-hybridized carbons (Fsp3) is 0.538. The van der Waals surface area contributed by atoms with Crippen LogP contribution in [0.5, 0.6) is 0 Å². The maximum atomic E-state index is 11.4. The average molecular weight is 252 g/mol. The zero-order valence-corrected chi connectivity index (χ0v) is 10.1. The van der Waals surface area contributed by atoms with Crippen LogP contribution in [0.15, 0.2) is 23.8 Å². The second-order valence-corrected chi connectivity index (χ2v) is 4.95. The number of esters is 1. The van der Waals surface area contributed by atoms with Gasteiger partial charge in [0.05, 0.1) is 6.10 Å². The van der Waals surface area contributed by atoms with Gasteiger partial charge in [-0.05, 0) is 24.3 Å². The zero-order chi connectivity index (χ0) is 13.4. The molecule has 2 aliphatic rings. The van der Waals surface area contributed by atoms with Crippen molar-refractivity contribution in [3.8, 4) is 0 Å². The van der Waals surface area contributed by atoms with Gasteiger partial charge in [-0.2, -0.15) is 0 Å². The van der Waals surface area contributed by atoms with Gasteiger partial charge in [-0.25, -0.2) is 9.59 Å². The third-order valence-electron chi connectivity index (χ3n) is 3.72. The SMILES string of the molecule is C=C1C(=O)OC2CC(C)/C(=C/C(=O)O)C(O)CC12. The third kappa shape index (κ3) is 2.18. The number of aliphatic hydroxyl groups excluding tert-OH is 1. The molecule has 2 fully saturated rings. The number of hydrogen-bond donors (Lipinski definition) is 2. The van der Waals surface area contributed by atoms with Crippen molar-refractivity contribution in [3.63, 3.8) is 0 Å². The molecule has 0 amide bonds. The van der Waals surface area contributed by atoms with Gasteiger partial charge in [0.1, 0.15) is 6.10 Å². The first kappa shape index (κ1) is 12.8. The first-order valence-corrected chi connectivity index (χ1v) is 5.92. The lowest BCUT2D eigenvalue weighted by Gasteiger charge is -2.17. The Bertz CT molecular complexity index is 437. The lowest BCUT2D eigenvalue weighted by Crippen LogP contribution is -2.18. The van der Waals surface area contributed by atoms with Gasteiger partial charge in [0, 0.05) is 17.6 Å². The Kier molecular flexibility index (Phi) is 3.26. The Labute approximate surface area is 105 Å². The number of fused-ring (bicyclic) bond motifs is 1. The van der Waals surface area contributed by atoms with Crippen LogP contribution in [-0.4, -0.2) is 34.4 Å². The summed E-state index contributed by atoms with van der Waals surface area (Å²) in [5.74, 6) is -1.83. The van der Waals surface area contributed by atoms with E-state index in [1.807, 2.05) is 6.92 Å². The highest BCUT2D eigenvalue weighted by molar-refractivity contribution is 5.90. The van der Waals surface area contributed by atoms with E-state index < -0.39 is 18.0 Å². The van der Waals surface area contributed by atoms with Gasteiger partial charge in [0.25, 0.3) is 0 Å². The lowest BCUT2D eigenvalue weighted by molar-refractivity contribution is -0.139. The average Bonchev–Trinajstić information content (AvgIpc) is 2.46. The summed E-state index contributed by atoms with van der Waals surface area (Å²) in [6, 6.07) is 0. The van der Waals surface area contributed by atoms with Crippen LogP contribution in [0.3, 0.4) is 0 Å². The third-order valence-corrected chi connectivity index (χ3v) is 3.72. The monoisotopic (exact) mass is 252 g/mol. The molecule has 1 aliphatic carbocycles. The van der Waals surface area contributed by atoms with Crippen LogP contribution in [0.25, 0.3) is 0 Å². The smallest absolute Gasteiger partial charge is 0.334 e. The number of carbonyl (C=O) groups excluding carboxylic acids is 1. The molecule has 5 nitrogen and oxygen atoms in total. The molecule has 4 unspecified atom stereocenters. The summed E-state index contributed by atoms with van der Waals surface area (Å²) in [4.78, 5) is 22.2. The van der Waals surface area contributed by atoms with E-state index in [1.165, 1.54) is 0 Å². The van der Waals surface area contributed by atoms with Gasteiger partial charge in [0.2, 0.25) is 0 Å². The van der Waals surface area contributed by atoms with E-state index in [-0.39, 0.29) is 17.9 Å². The topological polar surface area (TPSA) is 83.8 Å². The number of aliphatic hydroxyl groups is 1. The van der Waals surface area contributed by atoms with Gasteiger partial charge < -0.3 is 14.9 Å². The van der Waals surface area contributed by atoms with Gasteiger partial charge in [-0.15, -0.1) is 0 Å². The van der Waals surface area contributed by atoms with Crippen molar-refractivity contribution in [2.45, 2.75) is 32.0 Å². The zero-order valence-electron chi connectivity index (χ0n) is 10.1. The second kappa shape index (κ2) is 4.57. The van der Waals surface area contributed by atoms with E-state index in [1.54, 1.807) is 0 Å². The number of carbonyl (C=O) groups is 2. The van der Waals surface area contributed by atoms with Crippen molar-refractivity contribution in [2.24, 2.45) is 11.8 Å². The number of hydrogen-bond acceptors (Lipinski definition) is 4. The minimum atomic E-state index is -1.07. The number of aliphatic carboxylic acids is 1. The second-order valence-electron chi connectivity index (χ2n) is 4.95. The van der Waals surface area contributed by atoms with Gasteiger partial charge in [0.15, 0.2) is 0 Å². The number of ether oxygens (including phenoxy) is 1. The summed E-state index contributed by atoms with van der Waals surface area (Å²) < 4.78 is 5.21. The van der Waals surface area contributed by atoms with Crippen LogP contribution in [0.4, 0.5) is 0 Å². The largest absolute Gasteiger partial charge is 0.478 e. The van der Waals surface area contributed by atoms with Crippen LogP contribution in [0.1, 0.15) is 19.8 Å². The molecule has 98 valence electrons. The molecule has 4 atom stereocenters. The Morgan fingerprint density at radius 2 is 2.17 bits per heavy atom. The summed E-state index contributed by atoms with van der Waals surface area (Å²) >= 11 is 0. The molecular weight excluding hydrogens is 236 g/mol.